The van der Waals surface area contributed by atoms with Crippen molar-refractivity contribution in [2.45, 2.75) is 31.4 Å². The lowest BCUT2D eigenvalue weighted by Gasteiger charge is -2.20. The van der Waals surface area contributed by atoms with Gasteiger partial charge in [-0.25, -0.2) is 0 Å². The fraction of sp³-hybridized carbons (Fsp3) is 0.357. The van der Waals surface area contributed by atoms with Gasteiger partial charge in [0.2, 0.25) is 0 Å². The van der Waals surface area contributed by atoms with Crippen molar-refractivity contribution in [2.75, 3.05) is 0 Å². The fourth-order valence-electron chi connectivity index (χ4n) is 1.38. The molecule has 0 heterocycles. The number of ketones is 1. The van der Waals surface area contributed by atoms with Crippen LogP contribution in [-0.2, 0) is 4.79 Å². The zero-order valence-corrected chi connectivity index (χ0v) is 12.1. The van der Waals surface area contributed by atoms with Gasteiger partial charge >= 0.3 is 0 Å². The highest BCUT2D eigenvalue weighted by Crippen LogP contribution is 2.32. The van der Waals surface area contributed by atoms with E-state index in [2.05, 4.69) is 6.07 Å². The lowest BCUT2D eigenvalue weighted by Crippen LogP contribution is -2.20. The molecule has 1 rings (SSSR count). The third-order valence-electron chi connectivity index (χ3n) is 2.52. The van der Waals surface area contributed by atoms with E-state index in [4.69, 9.17) is 12.2 Å². The number of nitrogens with zero attached hydrogens (tertiary/aromatic N) is 1. The molecular weight excluding hydrogens is 262 g/mol. The van der Waals surface area contributed by atoms with Crippen LogP contribution in [0.25, 0.3) is 0 Å². The van der Waals surface area contributed by atoms with Crippen LogP contribution in [0.2, 0.25) is 0 Å². The van der Waals surface area contributed by atoms with E-state index >= 15 is 0 Å². The number of carbonyl (C=O) groups excluding carboxylic acids is 1. The summed E-state index contributed by atoms with van der Waals surface area (Å²) in [5.74, 6) is 0.0997. The molecule has 1 aromatic carbocycles. The van der Waals surface area contributed by atoms with Crippen molar-refractivity contribution in [3.63, 3.8) is 0 Å². The summed E-state index contributed by atoms with van der Waals surface area (Å²) in [5.41, 5.74) is 0.946. The topological polar surface area (TPSA) is 40.9 Å². The van der Waals surface area contributed by atoms with E-state index in [-0.39, 0.29) is 5.78 Å². The van der Waals surface area contributed by atoms with Gasteiger partial charge in [0.25, 0.3) is 0 Å². The van der Waals surface area contributed by atoms with E-state index in [0.29, 0.717) is 17.0 Å². The first-order chi connectivity index (χ1) is 8.47. The zero-order chi connectivity index (χ0) is 13.6. The van der Waals surface area contributed by atoms with Gasteiger partial charge in [-0.15, -0.1) is 0 Å². The second-order valence-corrected chi connectivity index (χ2v) is 6.48. The first kappa shape index (κ1) is 14.9. The molecule has 0 saturated carbocycles. The van der Waals surface area contributed by atoms with Gasteiger partial charge in [-0.1, -0.05) is 54.3 Å². The molecule has 0 N–H and O–H groups in total. The van der Waals surface area contributed by atoms with Crippen LogP contribution in [0.5, 0.6) is 0 Å². The molecule has 94 valence electrons. The number of nitriles is 1. The summed E-state index contributed by atoms with van der Waals surface area (Å²) in [7, 11) is 0. The zero-order valence-electron chi connectivity index (χ0n) is 10.5. The third-order valence-corrected chi connectivity index (χ3v) is 4.17. The van der Waals surface area contributed by atoms with Crippen LogP contribution in [0, 0.1) is 11.3 Å². The summed E-state index contributed by atoms with van der Waals surface area (Å²) in [4.78, 5) is 11.0. The molecule has 0 aliphatic heterocycles. The van der Waals surface area contributed by atoms with Crippen molar-refractivity contribution in [3.8, 4) is 6.07 Å². The summed E-state index contributed by atoms with van der Waals surface area (Å²) in [6, 6.07) is 11.9. The Morgan fingerprint density at radius 2 is 2.06 bits per heavy atom. The maximum atomic E-state index is 11.0. The second-order valence-electron chi connectivity index (χ2n) is 4.30. The lowest BCUT2D eigenvalue weighted by molar-refractivity contribution is -0.117. The maximum absolute atomic E-state index is 11.0. The molecule has 0 aromatic heterocycles. The summed E-state index contributed by atoms with van der Waals surface area (Å²) in [6.07, 6.45) is 0.935. The van der Waals surface area contributed by atoms with Gasteiger partial charge in [-0.2, -0.15) is 5.26 Å². The normalized spacial score (nSPS) is 13.4. The molecule has 2 nitrogen and oxygen atoms in total. The fourth-order valence-corrected chi connectivity index (χ4v) is 2.98. The Hall–Kier alpha value is -1.18. The average Bonchev–Trinajstić information content (AvgIpc) is 2.37. The smallest absolute Gasteiger partial charge is 0.129 e. The maximum Gasteiger partial charge on any atom is 0.129 e. The quantitative estimate of drug-likeness (QED) is 0.769. The highest BCUT2D eigenvalue weighted by atomic mass is 32.2. The molecular formula is C14H15NOS2. The molecule has 0 bridgehead atoms. The molecule has 1 atom stereocenters. The first-order valence-electron chi connectivity index (χ1n) is 5.66. The Balaban J connectivity index is 2.72. The number of hydrogen-bond donors (Lipinski definition) is 0. The van der Waals surface area contributed by atoms with Crippen molar-refractivity contribution >= 4 is 34.0 Å². The average molecular weight is 277 g/mol. The standard InChI is InChI=1S/C14H15NOS2/c1-11(16)8-9-14(2,10-15)18-13(17)12-6-4-3-5-7-12/h3-7H,8-9H2,1-2H3. The number of thioether (sulfide) groups is 1. The molecule has 0 amide bonds. The Morgan fingerprint density at radius 1 is 1.44 bits per heavy atom. The highest BCUT2D eigenvalue weighted by molar-refractivity contribution is 8.24. The second kappa shape index (κ2) is 6.67. The van der Waals surface area contributed by atoms with Crippen LogP contribution in [0.15, 0.2) is 30.3 Å². The van der Waals surface area contributed by atoms with Crippen LogP contribution < -0.4 is 0 Å². The van der Waals surface area contributed by atoms with E-state index in [1.54, 1.807) is 0 Å². The Labute approximate surface area is 117 Å². The van der Waals surface area contributed by atoms with Crippen LogP contribution in [0.1, 0.15) is 32.3 Å². The van der Waals surface area contributed by atoms with E-state index < -0.39 is 4.75 Å². The summed E-state index contributed by atoms with van der Waals surface area (Å²) >= 11 is 6.70. The van der Waals surface area contributed by atoms with Crippen molar-refractivity contribution in [3.05, 3.63) is 35.9 Å². The Morgan fingerprint density at radius 3 is 2.56 bits per heavy atom. The van der Waals surface area contributed by atoms with Gasteiger partial charge in [-0.05, 0) is 25.8 Å². The summed E-state index contributed by atoms with van der Waals surface area (Å²) < 4.78 is 0.0571. The van der Waals surface area contributed by atoms with Gasteiger partial charge in [-0.3, -0.25) is 0 Å². The Kier molecular flexibility index (Phi) is 5.52. The monoisotopic (exact) mass is 277 g/mol. The van der Waals surface area contributed by atoms with Crippen LogP contribution in [0.3, 0.4) is 0 Å². The predicted octanol–water partition coefficient (Wildman–Crippen LogP) is 3.75. The molecule has 0 aliphatic carbocycles. The summed E-state index contributed by atoms with van der Waals surface area (Å²) in [6.45, 7) is 3.37. The SMILES string of the molecule is CC(=O)CCC(C)(C#N)SC(=S)c1ccccc1. The molecule has 1 aromatic rings. The van der Waals surface area contributed by atoms with E-state index in [1.807, 2.05) is 37.3 Å². The predicted molar refractivity (Wildman–Crippen MR) is 79.7 cm³/mol. The number of carbonyl (C=O) groups is 1. The molecule has 18 heavy (non-hydrogen) atoms. The van der Waals surface area contributed by atoms with Gasteiger partial charge in [0.05, 0.1) is 10.3 Å². The van der Waals surface area contributed by atoms with Crippen molar-refractivity contribution in [1.29, 1.82) is 5.26 Å². The van der Waals surface area contributed by atoms with Gasteiger partial charge in [0.1, 0.15) is 10.5 Å². The van der Waals surface area contributed by atoms with Crippen molar-refractivity contribution < 1.29 is 4.79 Å². The molecule has 0 saturated heterocycles. The number of hydrogen-bond acceptors (Lipinski definition) is 4. The van der Waals surface area contributed by atoms with Crippen LogP contribution in [0.4, 0.5) is 0 Å². The first-order valence-corrected chi connectivity index (χ1v) is 6.88. The van der Waals surface area contributed by atoms with E-state index in [1.165, 1.54) is 18.7 Å². The minimum atomic E-state index is -0.640. The Bertz CT molecular complexity index is 478. The highest BCUT2D eigenvalue weighted by Gasteiger charge is 2.27. The van der Waals surface area contributed by atoms with Crippen LogP contribution >= 0.6 is 24.0 Å². The van der Waals surface area contributed by atoms with E-state index in [0.717, 1.165) is 5.56 Å². The number of rotatable bonds is 5. The lowest BCUT2D eigenvalue weighted by atomic mass is 10.1. The molecule has 1 unspecified atom stereocenters. The van der Waals surface area contributed by atoms with Crippen molar-refractivity contribution in [2.24, 2.45) is 0 Å². The van der Waals surface area contributed by atoms with Crippen molar-refractivity contribution in [1.82, 2.24) is 0 Å². The van der Waals surface area contributed by atoms with Crippen LogP contribution in [-0.4, -0.2) is 14.7 Å². The molecule has 0 spiro atoms. The molecule has 0 fully saturated rings. The van der Waals surface area contributed by atoms with E-state index in [9.17, 15) is 10.1 Å². The third kappa shape index (κ3) is 4.59. The largest absolute Gasteiger partial charge is 0.300 e. The number of Topliss-reactive ketones (excluding diaryl/α,β-unsaturated/α-hetero) is 1. The number of thiocarbonyl (C=S) groups is 1. The minimum Gasteiger partial charge on any atom is -0.300 e. The van der Waals surface area contributed by atoms with Gasteiger partial charge in [0.15, 0.2) is 0 Å². The molecule has 0 aliphatic rings. The van der Waals surface area contributed by atoms with Gasteiger partial charge in [0, 0.05) is 6.42 Å². The minimum absolute atomic E-state index is 0.0997. The number of benzene rings is 1. The molecule has 0 radical (unpaired) electrons. The summed E-state index contributed by atoms with van der Waals surface area (Å²) in [5, 5.41) is 9.25. The molecule has 4 heteroatoms. The van der Waals surface area contributed by atoms with Gasteiger partial charge < -0.3 is 4.79 Å².